The van der Waals surface area contributed by atoms with Gasteiger partial charge >= 0.3 is 0 Å². The van der Waals surface area contributed by atoms with E-state index < -0.39 is 0 Å². The van der Waals surface area contributed by atoms with Gasteiger partial charge in [-0.15, -0.1) is 5.11 Å². The molecule has 1 unspecified atom stereocenters. The molecule has 0 spiro atoms. The summed E-state index contributed by atoms with van der Waals surface area (Å²) in [4.78, 5) is 11.8. The van der Waals surface area contributed by atoms with Gasteiger partial charge in [0.05, 0.1) is 12.7 Å². The van der Waals surface area contributed by atoms with Crippen LogP contribution in [0.25, 0.3) is 0 Å². The number of fused-ring (bicyclic) bond motifs is 1. The van der Waals surface area contributed by atoms with E-state index in [1.165, 1.54) is 0 Å². The van der Waals surface area contributed by atoms with Crippen LogP contribution in [0.1, 0.15) is 27.5 Å². The van der Waals surface area contributed by atoms with Crippen molar-refractivity contribution >= 4 is 5.91 Å². The van der Waals surface area contributed by atoms with Gasteiger partial charge in [0.25, 0.3) is 5.91 Å². The fourth-order valence-electron chi connectivity index (χ4n) is 2.47. The van der Waals surface area contributed by atoms with E-state index in [4.69, 9.17) is 4.74 Å². The van der Waals surface area contributed by atoms with Crippen molar-refractivity contribution in [2.24, 2.45) is 10.2 Å². The van der Waals surface area contributed by atoms with Crippen LogP contribution in [-0.4, -0.2) is 13.0 Å². The Labute approximate surface area is 117 Å². The predicted octanol–water partition coefficient (Wildman–Crippen LogP) is 3.59. The first-order chi connectivity index (χ1) is 9.79. The second-order valence-corrected chi connectivity index (χ2v) is 4.65. The zero-order valence-electron chi connectivity index (χ0n) is 11.1. The maximum Gasteiger partial charge on any atom is 0.295 e. The van der Waals surface area contributed by atoms with Gasteiger partial charge in [-0.3, -0.25) is 4.79 Å². The Morgan fingerprint density at radius 3 is 2.65 bits per heavy atom. The fourth-order valence-corrected chi connectivity index (χ4v) is 2.47. The molecule has 1 atom stereocenters. The van der Waals surface area contributed by atoms with Crippen LogP contribution >= 0.6 is 0 Å². The lowest BCUT2D eigenvalue weighted by Gasteiger charge is -2.20. The second-order valence-electron chi connectivity index (χ2n) is 4.65. The van der Waals surface area contributed by atoms with Gasteiger partial charge in [0, 0.05) is 12.0 Å². The van der Waals surface area contributed by atoms with Gasteiger partial charge in [-0.25, -0.2) is 0 Å². The third-order valence-electron chi connectivity index (χ3n) is 3.41. The standard InChI is InChI=1S/C16H14N2O2/c1-20-14-9-5-8-12-15(14)13(17-18-16(12)19)10-11-6-3-2-4-7-11/h2-9,13H,10H2,1H3. The summed E-state index contributed by atoms with van der Waals surface area (Å²) >= 11 is 0. The molecule has 1 amide bonds. The van der Waals surface area contributed by atoms with Crippen LogP contribution in [-0.2, 0) is 6.42 Å². The molecule has 0 N–H and O–H groups in total. The lowest BCUT2D eigenvalue weighted by molar-refractivity contribution is 0.0983. The van der Waals surface area contributed by atoms with Crippen molar-refractivity contribution in [3.05, 3.63) is 65.2 Å². The van der Waals surface area contributed by atoms with Crippen molar-refractivity contribution in [1.29, 1.82) is 0 Å². The maximum atomic E-state index is 11.8. The number of hydrogen-bond donors (Lipinski definition) is 0. The minimum absolute atomic E-state index is 0.179. The van der Waals surface area contributed by atoms with Gasteiger partial charge < -0.3 is 4.74 Å². The summed E-state index contributed by atoms with van der Waals surface area (Å²) in [6.07, 6.45) is 0.699. The molecular formula is C16H14N2O2. The summed E-state index contributed by atoms with van der Waals surface area (Å²) in [7, 11) is 1.60. The highest BCUT2D eigenvalue weighted by Gasteiger charge is 2.27. The van der Waals surface area contributed by atoms with E-state index >= 15 is 0 Å². The van der Waals surface area contributed by atoms with Crippen molar-refractivity contribution in [2.75, 3.05) is 7.11 Å². The number of amides is 1. The molecule has 1 heterocycles. The Hall–Kier alpha value is -2.49. The highest BCUT2D eigenvalue weighted by molar-refractivity contribution is 5.97. The number of carbonyl (C=O) groups is 1. The zero-order chi connectivity index (χ0) is 13.9. The first-order valence-electron chi connectivity index (χ1n) is 6.45. The van der Waals surface area contributed by atoms with Gasteiger partial charge in [0.15, 0.2) is 0 Å². The maximum absolute atomic E-state index is 11.8. The number of azo groups is 1. The van der Waals surface area contributed by atoms with Crippen molar-refractivity contribution in [2.45, 2.75) is 12.5 Å². The quantitative estimate of drug-likeness (QED) is 0.852. The molecule has 0 saturated carbocycles. The SMILES string of the molecule is COc1cccc2c1C(Cc1ccccc1)N=NC2=O. The fraction of sp³-hybridized carbons (Fsp3) is 0.188. The summed E-state index contributed by atoms with van der Waals surface area (Å²) in [5.74, 6) is 0.388. The first kappa shape index (κ1) is 12.5. The van der Waals surface area contributed by atoms with E-state index in [2.05, 4.69) is 10.2 Å². The second kappa shape index (κ2) is 5.25. The molecule has 0 fully saturated rings. The third-order valence-corrected chi connectivity index (χ3v) is 3.41. The van der Waals surface area contributed by atoms with Gasteiger partial charge in [0.2, 0.25) is 0 Å². The Balaban J connectivity index is 2.02. The summed E-state index contributed by atoms with van der Waals surface area (Å²) in [5.41, 5.74) is 2.57. The molecule has 20 heavy (non-hydrogen) atoms. The van der Waals surface area contributed by atoms with E-state index in [1.807, 2.05) is 36.4 Å². The third kappa shape index (κ3) is 2.20. The molecule has 4 heteroatoms. The Kier molecular flexibility index (Phi) is 3.29. The smallest absolute Gasteiger partial charge is 0.295 e. The van der Waals surface area contributed by atoms with Crippen LogP contribution in [0.15, 0.2) is 58.8 Å². The van der Waals surface area contributed by atoms with Gasteiger partial charge in [-0.2, -0.15) is 5.11 Å². The summed E-state index contributed by atoms with van der Waals surface area (Å²) in [6.45, 7) is 0. The topological polar surface area (TPSA) is 51.0 Å². The number of carbonyl (C=O) groups excluding carboxylic acids is 1. The molecule has 1 aliphatic heterocycles. The van der Waals surface area contributed by atoms with Crippen LogP contribution in [0.4, 0.5) is 0 Å². The van der Waals surface area contributed by atoms with Crippen molar-refractivity contribution in [3.8, 4) is 5.75 Å². The number of methoxy groups -OCH3 is 1. The molecule has 4 nitrogen and oxygen atoms in total. The molecular weight excluding hydrogens is 252 g/mol. The number of rotatable bonds is 3. The number of hydrogen-bond acceptors (Lipinski definition) is 3. The van der Waals surface area contributed by atoms with E-state index in [1.54, 1.807) is 19.2 Å². The number of nitrogens with zero attached hydrogens (tertiary/aromatic N) is 2. The molecule has 0 aromatic heterocycles. The van der Waals surface area contributed by atoms with Gasteiger partial charge in [-0.05, 0) is 17.7 Å². The van der Waals surface area contributed by atoms with E-state index in [0.717, 1.165) is 11.1 Å². The summed E-state index contributed by atoms with van der Waals surface area (Å²) < 4.78 is 5.37. The number of ether oxygens (including phenoxy) is 1. The molecule has 100 valence electrons. The highest BCUT2D eigenvalue weighted by atomic mass is 16.5. The lowest BCUT2D eigenvalue weighted by Crippen LogP contribution is -2.13. The predicted molar refractivity (Wildman–Crippen MR) is 75.1 cm³/mol. The summed E-state index contributed by atoms with van der Waals surface area (Å²) in [6, 6.07) is 15.3. The number of benzene rings is 2. The normalized spacial score (nSPS) is 16.9. The first-order valence-corrected chi connectivity index (χ1v) is 6.45. The molecule has 0 aliphatic carbocycles. The lowest BCUT2D eigenvalue weighted by atomic mass is 9.93. The highest BCUT2D eigenvalue weighted by Crippen LogP contribution is 2.36. The van der Waals surface area contributed by atoms with Crippen LogP contribution in [0.5, 0.6) is 5.75 Å². The molecule has 1 aliphatic rings. The van der Waals surface area contributed by atoms with Gasteiger partial charge in [-0.1, -0.05) is 36.4 Å². The van der Waals surface area contributed by atoms with Crippen molar-refractivity contribution < 1.29 is 9.53 Å². The molecule has 2 aromatic rings. The summed E-state index contributed by atoms with van der Waals surface area (Å²) in [5, 5.41) is 7.91. The van der Waals surface area contributed by atoms with Crippen molar-refractivity contribution in [1.82, 2.24) is 0 Å². The zero-order valence-corrected chi connectivity index (χ0v) is 11.1. The Bertz CT molecular complexity index is 665. The van der Waals surface area contributed by atoms with Crippen molar-refractivity contribution in [3.63, 3.8) is 0 Å². The molecule has 0 bridgehead atoms. The van der Waals surface area contributed by atoms with E-state index in [0.29, 0.717) is 17.7 Å². The van der Waals surface area contributed by atoms with E-state index in [9.17, 15) is 4.79 Å². The van der Waals surface area contributed by atoms with Crippen LogP contribution in [0.3, 0.4) is 0 Å². The Morgan fingerprint density at radius 2 is 1.90 bits per heavy atom. The molecule has 2 aromatic carbocycles. The Morgan fingerprint density at radius 1 is 1.10 bits per heavy atom. The monoisotopic (exact) mass is 266 g/mol. The van der Waals surface area contributed by atoms with Crippen LogP contribution in [0, 0.1) is 0 Å². The minimum atomic E-state index is -0.303. The molecule has 0 radical (unpaired) electrons. The minimum Gasteiger partial charge on any atom is -0.496 e. The largest absolute Gasteiger partial charge is 0.496 e. The van der Waals surface area contributed by atoms with Crippen LogP contribution in [0.2, 0.25) is 0 Å². The molecule has 3 rings (SSSR count). The van der Waals surface area contributed by atoms with E-state index in [-0.39, 0.29) is 11.9 Å². The van der Waals surface area contributed by atoms with Gasteiger partial charge in [0.1, 0.15) is 11.8 Å². The average molecular weight is 266 g/mol. The van der Waals surface area contributed by atoms with Crippen LogP contribution < -0.4 is 4.74 Å². The molecule has 0 saturated heterocycles. The average Bonchev–Trinajstić information content (AvgIpc) is 2.50.